The Balaban J connectivity index is 1.68. The van der Waals surface area contributed by atoms with Crippen LogP contribution < -0.4 is 9.64 Å². The number of pyridine rings is 1. The fraction of sp³-hybridized carbons (Fsp3) is 0.350. The Labute approximate surface area is 177 Å². The highest BCUT2D eigenvalue weighted by Crippen LogP contribution is 2.33. The van der Waals surface area contributed by atoms with Crippen molar-refractivity contribution in [1.29, 1.82) is 0 Å². The van der Waals surface area contributed by atoms with Crippen molar-refractivity contribution >= 4 is 45.6 Å². The number of piperazine rings is 1. The average molecular weight is 491 g/mol. The first-order chi connectivity index (χ1) is 13.6. The molecule has 1 fully saturated rings. The van der Waals surface area contributed by atoms with Crippen LogP contribution in [0.2, 0.25) is 0 Å². The molecule has 146 valence electrons. The van der Waals surface area contributed by atoms with Gasteiger partial charge in [-0.1, -0.05) is 0 Å². The van der Waals surface area contributed by atoms with Gasteiger partial charge in [0, 0.05) is 41.6 Å². The number of rotatable bonds is 5. The lowest BCUT2D eigenvalue weighted by Gasteiger charge is -2.35. The molecule has 0 aliphatic carbocycles. The van der Waals surface area contributed by atoms with Gasteiger partial charge in [-0.2, -0.15) is 0 Å². The molecule has 0 atom stereocenters. The molecule has 4 rings (SSSR count). The van der Waals surface area contributed by atoms with E-state index in [9.17, 15) is 4.79 Å². The van der Waals surface area contributed by atoms with Gasteiger partial charge >= 0.3 is 0 Å². The number of anilines is 1. The number of hydrogen-bond donors (Lipinski definition) is 1. The van der Waals surface area contributed by atoms with Gasteiger partial charge in [0.2, 0.25) is 5.88 Å². The van der Waals surface area contributed by atoms with Crippen LogP contribution in [0.5, 0.6) is 5.88 Å². The van der Waals surface area contributed by atoms with Crippen molar-refractivity contribution in [3.63, 3.8) is 0 Å². The zero-order chi connectivity index (χ0) is 19.7. The van der Waals surface area contributed by atoms with E-state index in [1.54, 1.807) is 13.3 Å². The minimum Gasteiger partial charge on any atom is -0.480 e. The Bertz CT molecular complexity index is 1010. The molecule has 1 N–H and O–H groups in total. The van der Waals surface area contributed by atoms with Crippen LogP contribution in [0.3, 0.4) is 0 Å². The molecule has 1 aliphatic rings. The molecule has 0 amide bonds. The number of H-pyrrole nitrogens is 1. The van der Waals surface area contributed by atoms with Gasteiger partial charge in [-0.3, -0.25) is 4.90 Å². The average Bonchev–Trinajstić information content (AvgIpc) is 3.13. The molecular formula is C20H22IN5O2. The van der Waals surface area contributed by atoms with Gasteiger partial charge in [-0.15, -0.1) is 0 Å². The van der Waals surface area contributed by atoms with Crippen molar-refractivity contribution in [3.8, 4) is 17.3 Å². The predicted octanol–water partition coefficient (Wildman–Crippen LogP) is 2.87. The second-order valence-corrected chi connectivity index (χ2v) is 8.04. The van der Waals surface area contributed by atoms with Gasteiger partial charge in [-0.05, 0) is 53.3 Å². The van der Waals surface area contributed by atoms with E-state index < -0.39 is 0 Å². The molecule has 0 spiro atoms. The maximum absolute atomic E-state index is 10.7. The summed E-state index contributed by atoms with van der Waals surface area (Å²) in [5.74, 6) is 1.33. The van der Waals surface area contributed by atoms with Gasteiger partial charge in [0.15, 0.2) is 0 Å². The normalized spacial score (nSPS) is 15.2. The third-order valence-electron chi connectivity index (χ3n) is 5.13. The van der Waals surface area contributed by atoms with Gasteiger partial charge in [0.05, 0.1) is 30.3 Å². The number of fused-ring (bicyclic) bond motifs is 1. The minimum absolute atomic E-state index is 0.515. The van der Waals surface area contributed by atoms with Crippen molar-refractivity contribution in [2.45, 2.75) is 6.92 Å². The van der Waals surface area contributed by atoms with Crippen LogP contribution in [0.1, 0.15) is 5.56 Å². The molecule has 0 unspecified atom stereocenters. The summed E-state index contributed by atoms with van der Waals surface area (Å²) in [4.78, 5) is 27.9. The number of ether oxygens (including phenoxy) is 1. The van der Waals surface area contributed by atoms with Crippen molar-refractivity contribution in [3.05, 3.63) is 33.5 Å². The highest BCUT2D eigenvalue weighted by atomic mass is 127. The Hall–Kier alpha value is -2.20. The number of hydrogen-bond acceptors (Lipinski definition) is 6. The van der Waals surface area contributed by atoms with E-state index in [0.29, 0.717) is 12.4 Å². The largest absolute Gasteiger partial charge is 0.480 e. The maximum atomic E-state index is 10.7. The zero-order valence-corrected chi connectivity index (χ0v) is 18.1. The van der Waals surface area contributed by atoms with E-state index in [0.717, 1.165) is 64.0 Å². The molecule has 2 aromatic heterocycles. The summed E-state index contributed by atoms with van der Waals surface area (Å²) < 4.78 is 6.48. The standard InChI is InChI=1S/C20H22IN5O2/c1-13-11-14(26-7-5-25(6-8-26)9-10-27)12-16-18(13)24-19(23-16)17-15(21)3-4-22-20(17)28-2/h3-4,10-12H,5-9H2,1-2H3,(H,23,24). The lowest BCUT2D eigenvalue weighted by molar-refractivity contribution is -0.108. The molecule has 0 radical (unpaired) electrons. The number of benzene rings is 1. The quantitative estimate of drug-likeness (QED) is 0.437. The number of methoxy groups -OCH3 is 1. The third-order valence-corrected chi connectivity index (χ3v) is 6.03. The van der Waals surface area contributed by atoms with Gasteiger partial charge < -0.3 is 19.4 Å². The summed E-state index contributed by atoms with van der Waals surface area (Å²) >= 11 is 2.28. The fourth-order valence-electron chi connectivity index (χ4n) is 3.66. The summed E-state index contributed by atoms with van der Waals surface area (Å²) in [6.45, 7) is 6.22. The summed E-state index contributed by atoms with van der Waals surface area (Å²) in [6, 6.07) is 6.29. The summed E-state index contributed by atoms with van der Waals surface area (Å²) in [7, 11) is 1.62. The van der Waals surface area contributed by atoms with Crippen LogP contribution in [0.4, 0.5) is 5.69 Å². The highest BCUT2D eigenvalue weighted by molar-refractivity contribution is 14.1. The number of aryl methyl sites for hydroxylation is 1. The van der Waals surface area contributed by atoms with Gasteiger partial charge in [0.1, 0.15) is 12.1 Å². The number of aromatic nitrogens is 3. The number of nitrogens with zero attached hydrogens (tertiary/aromatic N) is 4. The van der Waals surface area contributed by atoms with E-state index in [4.69, 9.17) is 9.72 Å². The molecule has 3 aromatic rings. The first kappa shape index (κ1) is 19.1. The molecular weight excluding hydrogens is 469 g/mol. The van der Waals surface area contributed by atoms with Crippen LogP contribution in [0, 0.1) is 10.5 Å². The Morgan fingerprint density at radius 3 is 2.79 bits per heavy atom. The molecule has 0 bridgehead atoms. The minimum atomic E-state index is 0.515. The second-order valence-electron chi connectivity index (χ2n) is 6.88. The molecule has 8 heteroatoms. The molecule has 7 nitrogen and oxygen atoms in total. The summed E-state index contributed by atoms with van der Waals surface area (Å²) in [5.41, 5.74) is 5.15. The number of imidazole rings is 1. The lowest BCUT2D eigenvalue weighted by atomic mass is 10.1. The predicted molar refractivity (Wildman–Crippen MR) is 118 cm³/mol. The topological polar surface area (TPSA) is 74.4 Å². The third kappa shape index (κ3) is 3.58. The van der Waals surface area contributed by atoms with E-state index in [1.807, 2.05) is 6.07 Å². The van der Waals surface area contributed by atoms with Crippen LogP contribution in [0.15, 0.2) is 24.4 Å². The smallest absolute Gasteiger partial charge is 0.225 e. The summed E-state index contributed by atoms with van der Waals surface area (Å²) in [6.07, 6.45) is 2.71. The van der Waals surface area contributed by atoms with E-state index in [2.05, 4.69) is 61.4 Å². The molecule has 28 heavy (non-hydrogen) atoms. The van der Waals surface area contributed by atoms with E-state index >= 15 is 0 Å². The Kier molecular flexibility index (Phi) is 5.49. The maximum Gasteiger partial charge on any atom is 0.225 e. The zero-order valence-electron chi connectivity index (χ0n) is 15.9. The van der Waals surface area contributed by atoms with E-state index in [1.165, 1.54) is 5.69 Å². The van der Waals surface area contributed by atoms with Crippen LogP contribution in [-0.2, 0) is 4.79 Å². The highest BCUT2D eigenvalue weighted by Gasteiger charge is 2.20. The SMILES string of the molecule is COc1nccc(I)c1-c1nc2c(C)cc(N3CCN(CC=O)CC3)cc2[nH]1. The number of carbonyl (C=O) groups excluding carboxylic acids is 1. The fourth-order valence-corrected chi connectivity index (χ4v) is 4.30. The first-order valence-corrected chi connectivity index (χ1v) is 10.3. The number of aldehydes is 1. The molecule has 1 aliphatic heterocycles. The van der Waals surface area contributed by atoms with Crippen molar-refractivity contribution in [1.82, 2.24) is 19.9 Å². The molecule has 3 heterocycles. The van der Waals surface area contributed by atoms with Crippen molar-refractivity contribution < 1.29 is 9.53 Å². The molecule has 1 aromatic carbocycles. The number of nitrogens with one attached hydrogen (secondary N) is 1. The van der Waals surface area contributed by atoms with Crippen molar-refractivity contribution in [2.75, 3.05) is 44.7 Å². The first-order valence-electron chi connectivity index (χ1n) is 9.21. The number of halogens is 1. The lowest BCUT2D eigenvalue weighted by Crippen LogP contribution is -2.46. The Morgan fingerprint density at radius 2 is 2.07 bits per heavy atom. The molecule has 1 saturated heterocycles. The molecule has 0 saturated carbocycles. The van der Waals surface area contributed by atoms with Crippen LogP contribution in [-0.4, -0.2) is 66.0 Å². The van der Waals surface area contributed by atoms with Crippen LogP contribution in [0.25, 0.3) is 22.4 Å². The number of carbonyl (C=O) groups is 1. The van der Waals surface area contributed by atoms with E-state index in [-0.39, 0.29) is 0 Å². The number of aromatic amines is 1. The summed E-state index contributed by atoms with van der Waals surface area (Å²) in [5, 5.41) is 0. The van der Waals surface area contributed by atoms with Gasteiger partial charge in [-0.25, -0.2) is 9.97 Å². The van der Waals surface area contributed by atoms with Crippen molar-refractivity contribution in [2.24, 2.45) is 0 Å². The van der Waals surface area contributed by atoms with Gasteiger partial charge in [0.25, 0.3) is 0 Å². The Morgan fingerprint density at radius 1 is 1.29 bits per heavy atom. The second kappa shape index (κ2) is 8.04. The monoisotopic (exact) mass is 491 g/mol. The van der Waals surface area contributed by atoms with Crippen LogP contribution >= 0.6 is 22.6 Å².